The molecule has 10 nitrogen and oxygen atoms in total. The Morgan fingerprint density at radius 1 is 0.944 bits per heavy atom. The van der Waals surface area contributed by atoms with Crippen LogP contribution in [0, 0.1) is 0 Å². The van der Waals surface area contributed by atoms with E-state index in [2.05, 4.69) is 5.32 Å². The van der Waals surface area contributed by atoms with E-state index in [1.165, 1.54) is 14.2 Å². The van der Waals surface area contributed by atoms with Gasteiger partial charge in [-0.2, -0.15) is 0 Å². The number of fused-ring (bicyclic) bond motifs is 1. The van der Waals surface area contributed by atoms with Gasteiger partial charge >= 0.3 is 0 Å². The van der Waals surface area contributed by atoms with Gasteiger partial charge in [0.15, 0.2) is 0 Å². The Labute approximate surface area is 208 Å². The molecule has 0 atom stereocenters. The van der Waals surface area contributed by atoms with Crippen LogP contribution in [0.4, 0.5) is 0 Å². The molecule has 2 aromatic carbocycles. The third-order valence-corrected chi connectivity index (χ3v) is 5.89. The quantitative estimate of drug-likeness (QED) is 0.199. The zero-order valence-corrected chi connectivity index (χ0v) is 20.6. The van der Waals surface area contributed by atoms with E-state index < -0.39 is 11.8 Å². The fraction of sp³-hybridized carbons (Fsp3) is 0.346. The Morgan fingerprint density at radius 2 is 1.67 bits per heavy atom. The number of benzene rings is 2. The molecular weight excluding hydrogens is 466 g/mol. The van der Waals surface area contributed by atoms with E-state index in [0.717, 1.165) is 12.0 Å². The molecule has 0 bridgehead atoms. The summed E-state index contributed by atoms with van der Waals surface area (Å²) in [5.41, 5.74) is 2.67. The van der Waals surface area contributed by atoms with Gasteiger partial charge in [-0.25, -0.2) is 5.48 Å². The molecule has 10 heteroatoms. The van der Waals surface area contributed by atoms with Crippen LogP contribution in [-0.2, 0) is 17.9 Å². The first kappa shape index (κ1) is 26.6. The van der Waals surface area contributed by atoms with Crippen LogP contribution in [0.2, 0.25) is 0 Å². The molecule has 192 valence electrons. The second-order valence-electron chi connectivity index (χ2n) is 8.15. The number of aryl methyl sites for hydroxylation is 1. The number of hydroxylamine groups is 1. The average Bonchev–Trinajstić information content (AvgIpc) is 2.91. The summed E-state index contributed by atoms with van der Waals surface area (Å²) in [6.45, 7) is 0.699. The molecule has 1 aromatic heterocycles. The number of carbonyl (C=O) groups excluding carboxylic acids is 2. The SMILES string of the molecule is COc1ccc(CNC(=O)c2cn(CCCCCC(=O)NO)c3ccc(OC)cc3c2=O)c(OC)c1. The Balaban J connectivity index is 1.84. The van der Waals surface area contributed by atoms with Gasteiger partial charge < -0.3 is 24.1 Å². The molecule has 0 spiro atoms. The highest BCUT2D eigenvalue weighted by Crippen LogP contribution is 2.24. The Bertz CT molecular complexity index is 1290. The summed E-state index contributed by atoms with van der Waals surface area (Å²) in [5, 5.41) is 11.8. The minimum absolute atomic E-state index is 0.0166. The number of nitrogens with one attached hydrogen (secondary N) is 2. The minimum atomic E-state index is -0.504. The van der Waals surface area contributed by atoms with E-state index in [1.807, 2.05) is 4.57 Å². The van der Waals surface area contributed by atoms with Gasteiger partial charge in [0.2, 0.25) is 11.3 Å². The van der Waals surface area contributed by atoms with Crippen molar-refractivity contribution in [1.82, 2.24) is 15.4 Å². The van der Waals surface area contributed by atoms with Crippen molar-refractivity contribution in [3.63, 3.8) is 0 Å². The van der Waals surface area contributed by atoms with Crippen LogP contribution in [0.15, 0.2) is 47.4 Å². The molecule has 0 unspecified atom stereocenters. The lowest BCUT2D eigenvalue weighted by Gasteiger charge is -2.15. The standard InChI is InChI=1S/C26H31N3O7/c1-34-18-10-11-22-20(13-18)25(31)21(16-29(22)12-6-4-5-7-24(30)28-33)26(32)27-15-17-8-9-19(35-2)14-23(17)36-3/h8-11,13-14,16,33H,4-7,12,15H2,1-3H3,(H,27,32)(H,28,30). The van der Waals surface area contributed by atoms with E-state index in [0.29, 0.717) is 47.5 Å². The van der Waals surface area contributed by atoms with Crippen molar-refractivity contribution in [2.75, 3.05) is 21.3 Å². The summed E-state index contributed by atoms with van der Waals surface area (Å²) in [7, 11) is 4.61. The van der Waals surface area contributed by atoms with Crippen LogP contribution in [0.3, 0.4) is 0 Å². The molecule has 3 rings (SSSR count). The summed E-state index contributed by atoms with van der Waals surface area (Å²) < 4.78 is 17.7. The first-order chi connectivity index (χ1) is 17.4. The van der Waals surface area contributed by atoms with Gasteiger partial charge in [0.05, 0.1) is 32.2 Å². The predicted octanol–water partition coefficient (Wildman–Crippen LogP) is 3.02. The third-order valence-electron chi connectivity index (χ3n) is 5.89. The summed E-state index contributed by atoms with van der Waals surface area (Å²) >= 11 is 0. The number of amides is 2. The van der Waals surface area contributed by atoms with E-state index in [-0.39, 0.29) is 24.0 Å². The normalized spacial score (nSPS) is 10.7. The van der Waals surface area contributed by atoms with E-state index in [1.54, 1.807) is 55.2 Å². The molecule has 1 heterocycles. The van der Waals surface area contributed by atoms with E-state index >= 15 is 0 Å². The molecule has 0 fully saturated rings. The largest absolute Gasteiger partial charge is 0.497 e. The number of nitrogens with zero attached hydrogens (tertiary/aromatic N) is 1. The third kappa shape index (κ3) is 6.33. The molecule has 2 amide bonds. The van der Waals surface area contributed by atoms with Crippen LogP contribution in [-0.4, -0.2) is 42.9 Å². The topological polar surface area (TPSA) is 128 Å². The van der Waals surface area contributed by atoms with Gasteiger partial charge in [0.1, 0.15) is 22.8 Å². The zero-order valence-electron chi connectivity index (χ0n) is 20.6. The highest BCUT2D eigenvalue weighted by atomic mass is 16.5. The highest BCUT2D eigenvalue weighted by Gasteiger charge is 2.17. The number of hydrogen-bond acceptors (Lipinski definition) is 7. The molecule has 0 saturated heterocycles. The Hall–Kier alpha value is -4.05. The summed E-state index contributed by atoms with van der Waals surface area (Å²) in [6.07, 6.45) is 3.84. The number of aromatic nitrogens is 1. The Morgan fingerprint density at radius 3 is 2.36 bits per heavy atom. The number of hydrogen-bond donors (Lipinski definition) is 3. The van der Waals surface area contributed by atoms with Crippen molar-refractivity contribution in [2.24, 2.45) is 0 Å². The fourth-order valence-corrected chi connectivity index (χ4v) is 3.92. The molecule has 3 aromatic rings. The second-order valence-corrected chi connectivity index (χ2v) is 8.15. The molecule has 0 aliphatic carbocycles. The fourth-order valence-electron chi connectivity index (χ4n) is 3.92. The number of rotatable bonds is 12. The lowest BCUT2D eigenvalue weighted by Crippen LogP contribution is -2.29. The molecule has 3 N–H and O–H groups in total. The van der Waals surface area contributed by atoms with Gasteiger partial charge in [-0.05, 0) is 43.2 Å². The second kappa shape index (κ2) is 12.6. The molecule has 36 heavy (non-hydrogen) atoms. The molecule has 0 saturated carbocycles. The van der Waals surface area contributed by atoms with Gasteiger partial charge in [-0.3, -0.25) is 19.6 Å². The summed E-state index contributed by atoms with van der Waals surface area (Å²) in [5.74, 6) is 0.775. The van der Waals surface area contributed by atoms with Gasteiger partial charge in [0.25, 0.3) is 5.91 Å². The van der Waals surface area contributed by atoms with Crippen LogP contribution in [0.5, 0.6) is 17.2 Å². The predicted molar refractivity (Wildman–Crippen MR) is 134 cm³/mol. The minimum Gasteiger partial charge on any atom is -0.497 e. The lowest BCUT2D eigenvalue weighted by molar-refractivity contribution is -0.129. The number of methoxy groups -OCH3 is 3. The average molecular weight is 498 g/mol. The van der Waals surface area contributed by atoms with Crippen LogP contribution in [0.1, 0.15) is 41.6 Å². The number of carbonyl (C=O) groups is 2. The maximum atomic E-state index is 13.3. The van der Waals surface area contributed by atoms with Gasteiger partial charge in [0, 0.05) is 37.3 Å². The zero-order chi connectivity index (χ0) is 26.1. The molecule has 0 aliphatic rings. The van der Waals surface area contributed by atoms with Crippen LogP contribution >= 0.6 is 0 Å². The van der Waals surface area contributed by atoms with Gasteiger partial charge in [-0.1, -0.05) is 6.42 Å². The molecule has 0 radical (unpaired) electrons. The smallest absolute Gasteiger partial charge is 0.257 e. The first-order valence-electron chi connectivity index (χ1n) is 11.5. The maximum Gasteiger partial charge on any atom is 0.257 e. The van der Waals surface area contributed by atoms with Crippen molar-refractivity contribution < 1.29 is 29.0 Å². The lowest BCUT2D eigenvalue weighted by atomic mass is 10.1. The number of pyridine rings is 1. The van der Waals surface area contributed by atoms with Crippen molar-refractivity contribution in [1.29, 1.82) is 0 Å². The highest BCUT2D eigenvalue weighted by molar-refractivity contribution is 5.97. The first-order valence-corrected chi connectivity index (χ1v) is 11.5. The number of unbranched alkanes of at least 4 members (excludes halogenated alkanes) is 2. The van der Waals surface area contributed by atoms with E-state index in [9.17, 15) is 14.4 Å². The Kier molecular flexibility index (Phi) is 9.29. The maximum absolute atomic E-state index is 13.3. The van der Waals surface area contributed by atoms with Crippen LogP contribution in [0.25, 0.3) is 10.9 Å². The van der Waals surface area contributed by atoms with E-state index in [4.69, 9.17) is 19.4 Å². The van der Waals surface area contributed by atoms with Crippen LogP contribution < -0.4 is 30.4 Å². The number of ether oxygens (including phenoxy) is 3. The van der Waals surface area contributed by atoms with Crippen molar-refractivity contribution in [3.05, 3.63) is 63.9 Å². The van der Waals surface area contributed by atoms with Crippen molar-refractivity contribution >= 4 is 22.7 Å². The monoisotopic (exact) mass is 497 g/mol. The summed E-state index contributed by atoms with van der Waals surface area (Å²) in [6, 6.07) is 10.5. The molecule has 0 aliphatic heterocycles. The summed E-state index contributed by atoms with van der Waals surface area (Å²) in [4.78, 5) is 37.6. The molecular formula is C26H31N3O7. The van der Waals surface area contributed by atoms with Crippen molar-refractivity contribution in [3.8, 4) is 17.2 Å². The van der Waals surface area contributed by atoms with Gasteiger partial charge in [-0.15, -0.1) is 0 Å². The van der Waals surface area contributed by atoms with Crippen molar-refractivity contribution in [2.45, 2.75) is 38.8 Å².